The van der Waals surface area contributed by atoms with E-state index in [-0.39, 0.29) is 18.1 Å². The van der Waals surface area contributed by atoms with E-state index in [0.29, 0.717) is 18.8 Å². The minimum Gasteiger partial charge on any atom is -0.383 e. The van der Waals surface area contributed by atoms with Crippen LogP contribution in [0.15, 0.2) is 18.3 Å². The molecule has 1 aromatic rings. The lowest BCUT2D eigenvalue weighted by Crippen LogP contribution is -2.32. The Morgan fingerprint density at radius 1 is 1.50 bits per heavy atom. The first-order valence-corrected chi connectivity index (χ1v) is 5.39. The Kier molecular flexibility index (Phi) is 5.59. The number of amides is 2. The Labute approximate surface area is 105 Å². The second kappa shape index (κ2) is 7.23. The zero-order valence-electron chi connectivity index (χ0n) is 10.1. The molecule has 0 aromatic carbocycles. The average molecular weight is 252 g/mol. The number of methoxy groups -OCH3 is 1. The largest absolute Gasteiger partial charge is 0.383 e. The highest BCUT2D eigenvalue weighted by molar-refractivity contribution is 5.91. The Hall–Kier alpha value is -2.15. The van der Waals surface area contributed by atoms with Gasteiger partial charge < -0.3 is 21.1 Å². The third-order valence-electron chi connectivity index (χ3n) is 2.09. The summed E-state index contributed by atoms with van der Waals surface area (Å²) in [6, 6.07) is 3.14. The number of carbonyl (C=O) groups excluding carboxylic acids is 2. The topological polar surface area (TPSA) is 106 Å². The van der Waals surface area contributed by atoms with Crippen LogP contribution in [0.4, 0.5) is 5.69 Å². The number of primary amides is 1. The molecule has 2 amide bonds. The molecule has 1 rings (SSSR count). The molecule has 7 nitrogen and oxygen atoms in total. The van der Waals surface area contributed by atoms with Gasteiger partial charge in [0, 0.05) is 25.5 Å². The van der Waals surface area contributed by atoms with Crippen LogP contribution in [0.25, 0.3) is 0 Å². The van der Waals surface area contributed by atoms with E-state index in [1.165, 1.54) is 12.3 Å². The summed E-state index contributed by atoms with van der Waals surface area (Å²) in [7, 11) is 1.56. The number of anilines is 1. The Morgan fingerprint density at radius 3 is 2.94 bits per heavy atom. The predicted molar refractivity (Wildman–Crippen MR) is 66.1 cm³/mol. The Morgan fingerprint density at radius 2 is 2.28 bits per heavy atom. The van der Waals surface area contributed by atoms with Crippen molar-refractivity contribution in [1.29, 1.82) is 0 Å². The molecule has 0 radical (unpaired) electrons. The fourth-order valence-electron chi connectivity index (χ4n) is 1.21. The Balaban J connectivity index is 2.41. The zero-order valence-corrected chi connectivity index (χ0v) is 10.1. The maximum absolute atomic E-state index is 11.4. The number of nitrogens with one attached hydrogen (secondary N) is 2. The van der Waals surface area contributed by atoms with Crippen molar-refractivity contribution in [3.8, 4) is 0 Å². The molecule has 7 heteroatoms. The van der Waals surface area contributed by atoms with E-state index < -0.39 is 5.91 Å². The fourth-order valence-corrected chi connectivity index (χ4v) is 1.21. The molecule has 0 spiro atoms. The lowest BCUT2D eigenvalue weighted by atomic mass is 10.3. The summed E-state index contributed by atoms with van der Waals surface area (Å²) in [5.74, 6) is -0.771. The molecule has 0 aliphatic heterocycles. The molecule has 0 atom stereocenters. The standard InChI is InChI=1S/C11H16N4O3/c1-18-5-4-14-10(16)7-15-8-2-3-13-9(6-8)11(12)17/h2-3,6H,4-5,7H2,1H3,(H2,12,17)(H,13,15)(H,14,16). The highest BCUT2D eigenvalue weighted by Gasteiger charge is 2.04. The normalized spacial score (nSPS) is 9.83. The first-order valence-electron chi connectivity index (χ1n) is 5.39. The molecular formula is C11H16N4O3. The highest BCUT2D eigenvalue weighted by Crippen LogP contribution is 2.06. The minimum atomic E-state index is -0.608. The maximum atomic E-state index is 11.4. The summed E-state index contributed by atoms with van der Waals surface area (Å²) >= 11 is 0. The monoisotopic (exact) mass is 252 g/mol. The van der Waals surface area contributed by atoms with Crippen LogP contribution in [0.3, 0.4) is 0 Å². The first kappa shape index (κ1) is 13.9. The fraction of sp³-hybridized carbons (Fsp3) is 0.364. The van der Waals surface area contributed by atoms with Gasteiger partial charge >= 0.3 is 0 Å². The van der Waals surface area contributed by atoms with Crippen LogP contribution >= 0.6 is 0 Å². The molecule has 1 heterocycles. The summed E-state index contributed by atoms with van der Waals surface area (Å²) in [5.41, 5.74) is 5.86. The van der Waals surface area contributed by atoms with Crippen molar-refractivity contribution in [3.05, 3.63) is 24.0 Å². The number of hydrogen-bond acceptors (Lipinski definition) is 5. The van der Waals surface area contributed by atoms with E-state index in [9.17, 15) is 9.59 Å². The van der Waals surface area contributed by atoms with E-state index in [2.05, 4.69) is 15.6 Å². The minimum absolute atomic E-state index is 0.103. The third kappa shape index (κ3) is 4.79. The summed E-state index contributed by atoms with van der Waals surface area (Å²) in [4.78, 5) is 26.1. The second-order valence-corrected chi connectivity index (χ2v) is 3.49. The van der Waals surface area contributed by atoms with E-state index in [0.717, 1.165) is 0 Å². The SMILES string of the molecule is COCCNC(=O)CNc1ccnc(C(N)=O)c1. The number of pyridine rings is 1. The molecule has 98 valence electrons. The van der Waals surface area contributed by atoms with Crippen LogP contribution in [-0.2, 0) is 9.53 Å². The predicted octanol–water partition coefficient (Wildman–Crippen LogP) is -0.645. The van der Waals surface area contributed by atoms with Crippen LogP contribution in [0.1, 0.15) is 10.5 Å². The summed E-state index contributed by atoms with van der Waals surface area (Å²) in [6.45, 7) is 1.03. The summed E-state index contributed by atoms with van der Waals surface area (Å²) < 4.78 is 4.80. The molecule has 0 aliphatic rings. The smallest absolute Gasteiger partial charge is 0.267 e. The lowest BCUT2D eigenvalue weighted by Gasteiger charge is -2.07. The van der Waals surface area contributed by atoms with Crippen molar-refractivity contribution >= 4 is 17.5 Å². The van der Waals surface area contributed by atoms with Gasteiger partial charge in [-0.1, -0.05) is 0 Å². The number of hydrogen-bond donors (Lipinski definition) is 3. The number of carbonyl (C=O) groups is 2. The molecule has 0 fully saturated rings. The van der Waals surface area contributed by atoms with Crippen molar-refractivity contribution in [3.63, 3.8) is 0 Å². The number of nitrogens with zero attached hydrogens (tertiary/aromatic N) is 1. The second-order valence-electron chi connectivity index (χ2n) is 3.49. The van der Waals surface area contributed by atoms with Gasteiger partial charge in [0.05, 0.1) is 13.2 Å². The van der Waals surface area contributed by atoms with Crippen LogP contribution in [0.2, 0.25) is 0 Å². The molecule has 0 unspecified atom stereocenters. The zero-order chi connectivity index (χ0) is 13.4. The summed E-state index contributed by atoms with van der Waals surface area (Å²) in [5, 5.41) is 5.52. The number of aromatic nitrogens is 1. The lowest BCUT2D eigenvalue weighted by molar-refractivity contribution is -0.119. The van der Waals surface area contributed by atoms with Gasteiger partial charge in [0.25, 0.3) is 5.91 Å². The molecule has 18 heavy (non-hydrogen) atoms. The highest BCUT2D eigenvalue weighted by atomic mass is 16.5. The third-order valence-corrected chi connectivity index (χ3v) is 2.09. The number of nitrogens with two attached hydrogens (primary N) is 1. The van der Waals surface area contributed by atoms with Crippen molar-refractivity contribution in [2.45, 2.75) is 0 Å². The summed E-state index contributed by atoms with van der Waals surface area (Å²) in [6.07, 6.45) is 1.45. The number of ether oxygens (including phenoxy) is 1. The molecule has 4 N–H and O–H groups in total. The van der Waals surface area contributed by atoms with Crippen molar-refractivity contribution in [2.75, 3.05) is 32.1 Å². The van der Waals surface area contributed by atoms with Gasteiger partial charge in [-0.25, -0.2) is 0 Å². The van der Waals surface area contributed by atoms with Gasteiger partial charge in [-0.3, -0.25) is 14.6 Å². The quantitative estimate of drug-likeness (QED) is 0.559. The van der Waals surface area contributed by atoms with Gasteiger partial charge in [0.2, 0.25) is 5.91 Å². The average Bonchev–Trinajstić information content (AvgIpc) is 2.37. The Bertz CT molecular complexity index is 423. The van der Waals surface area contributed by atoms with Crippen molar-refractivity contribution in [2.24, 2.45) is 5.73 Å². The van der Waals surface area contributed by atoms with Crippen LogP contribution in [0, 0.1) is 0 Å². The van der Waals surface area contributed by atoms with E-state index in [4.69, 9.17) is 10.5 Å². The van der Waals surface area contributed by atoms with E-state index in [1.807, 2.05) is 0 Å². The molecule has 0 saturated carbocycles. The molecule has 1 aromatic heterocycles. The van der Waals surface area contributed by atoms with Crippen LogP contribution < -0.4 is 16.4 Å². The molecule has 0 saturated heterocycles. The van der Waals surface area contributed by atoms with Crippen molar-refractivity contribution < 1.29 is 14.3 Å². The number of rotatable bonds is 7. The first-order chi connectivity index (χ1) is 8.63. The maximum Gasteiger partial charge on any atom is 0.267 e. The van der Waals surface area contributed by atoms with Gasteiger partial charge in [0.15, 0.2) is 0 Å². The van der Waals surface area contributed by atoms with Gasteiger partial charge in [-0.2, -0.15) is 0 Å². The molecular weight excluding hydrogens is 236 g/mol. The van der Waals surface area contributed by atoms with Gasteiger partial charge in [-0.05, 0) is 12.1 Å². The van der Waals surface area contributed by atoms with Gasteiger partial charge in [0.1, 0.15) is 5.69 Å². The van der Waals surface area contributed by atoms with Crippen LogP contribution in [0.5, 0.6) is 0 Å². The van der Waals surface area contributed by atoms with Gasteiger partial charge in [-0.15, -0.1) is 0 Å². The molecule has 0 bridgehead atoms. The molecule has 0 aliphatic carbocycles. The van der Waals surface area contributed by atoms with Crippen LogP contribution in [-0.4, -0.2) is 43.6 Å². The van der Waals surface area contributed by atoms with Crippen molar-refractivity contribution in [1.82, 2.24) is 10.3 Å². The van der Waals surface area contributed by atoms with E-state index in [1.54, 1.807) is 13.2 Å². The van der Waals surface area contributed by atoms with E-state index >= 15 is 0 Å².